The summed E-state index contributed by atoms with van der Waals surface area (Å²) in [5.74, 6) is 0.893. The first-order valence-electron chi connectivity index (χ1n) is 4.69. The molecule has 1 N–H and O–H groups in total. The summed E-state index contributed by atoms with van der Waals surface area (Å²) in [6.07, 6.45) is 0. The number of hydrogen-bond acceptors (Lipinski definition) is 3. The van der Waals surface area contributed by atoms with Crippen LogP contribution in [-0.4, -0.2) is 15.0 Å². The number of aromatic amines is 1. The Hall–Kier alpha value is -1.68. The van der Waals surface area contributed by atoms with E-state index in [-0.39, 0.29) is 0 Å². The molecule has 3 rings (SSSR count). The maximum atomic E-state index is 4.46. The van der Waals surface area contributed by atoms with Crippen molar-refractivity contribution in [2.45, 2.75) is 6.92 Å². The molecule has 74 valence electrons. The zero-order valence-corrected chi connectivity index (χ0v) is 9.01. The van der Waals surface area contributed by atoms with Crippen LogP contribution in [0, 0.1) is 6.92 Å². The van der Waals surface area contributed by atoms with Crippen LogP contribution >= 0.6 is 11.3 Å². The SMILES string of the molecule is Cc1ccc2[nH]c(-c3ccsc3)nc2n1. The Morgan fingerprint density at radius 2 is 2.13 bits per heavy atom. The molecule has 0 aliphatic rings. The third kappa shape index (κ3) is 1.43. The summed E-state index contributed by atoms with van der Waals surface area (Å²) in [6, 6.07) is 6.05. The van der Waals surface area contributed by atoms with E-state index in [1.165, 1.54) is 0 Å². The van der Waals surface area contributed by atoms with Gasteiger partial charge in [0.05, 0.1) is 5.52 Å². The molecule has 3 aromatic heterocycles. The number of rotatable bonds is 1. The predicted octanol–water partition coefficient (Wildman–Crippen LogP) is 2.99. The quantitative estimate of drug-likeness (QED) is 0.678. The molecular weight excluding hydrogens is 206 g/mol. The first kappa shape index (κ1) is 8.61. The van der Waals surface area contributed by atoms with Crippen LogP contribution in [0.5, 0.6) is 0 Å². The number of nitrogens with one attached hydrogen (secondary N) is 1. The fourth-order valence-electron chi connectivity index (χ4n) is 1.52. The highest BCUT2D eigenvalue weighted by atomic mass is 32.1. The van der Waals surface area contributed by atoms with Gasteiger partial charge in [0.2, 0.25) is 0 Å². The number of H-pyrrole nitrogens is 1. The van der Waals surface area contributed by atoms with E-state index < -0.39 is 0 Å². The number of aryl methyl sites for hydroxylation is 1. The van der Waals surface area contributed by atoms with Crippen molar-refractivity contribution in [1.82, 2.24) is 15.0 Å². The van der Waals surface area contributed by atoms with Crippen molar-refractivity contribution >= 4 is 22.5 Å². The maximum absolute atomic E-state index is 4.46. The van der Waals surface area contributed by atoms with Gasteiger partial charge in [-0.3, -0.25) is 0 Å². The first-order valence-corrected chi connectivity index (χ1v) is 5.63. The van der Waals surface area contributed by atoms with Crippen LogP contribution in [0.25, 0.3) is 22.6 Å². The maximum Gasteiger partial charge on any atom is 0.178 e. The molecule has 0 aliphatic carbocycles. The van der Waals surface area contributed by atoms with Gasteiger partial charge >= 0.3 is 0 Å². The van der Waals surface area contributed by atoms with Gasteiger partial charge in [0.25, 0.3) is 0 Å². The van der Waals surface area contributed by atoms with Gasteiger partial charge in [0, 0.05) is 16.6 Å². The highest BCUT2D eigenvalue weighted by molar-refractivity contribution is 7.08. The van der Waals surface area contributed by atoms with Gasteiger partial charge in [-0.2, -0.15) is 11.3 Å². The Morgan fingerprint density at radius 1 is 1.20 bits per heavy atom. The zero-order chi connectivity index (χ0) is 10.3. The van der Waals surface area contributed by atoms with Crippen molar-refractivity contribution in [2.24, 2.45) is 0 Å². The molecular formula is C11H9N3S. The molecule has 15 heavy (non-hydrogen) atoms. The Bertz CT molecular complexity index is 595. The normalized spacial score (nSPS) is 11.0. The molecule has 0 aliphatic heterocycles. The molecule has 3 nitrogen and oxygen atoms in total. The molecule has 0 aromatic carbocycles. The monoisotopic (exact) mass is 215 g/mol. The number of aromatic nitrogens is 3. The Kier molecular flexibility index (Phi) is 1.82. The van der Waals surface area contributed by atoms with Crippen molar-refractivity contribution in [3.8, 4) is 11.4 Å². The van der Waals surface area contributed by atoms with E-state index in [1.54, 1.807) is 11.3 Å². The van der Waals surface area contributed by atoms with E-state index >= 15 is 0 Å². The highest BCUT2D eigenvalue weighted by Crippen LogP contribution is 2.21. The minimum Gasteiger partial charge on any atom is -0.337 e. The van der Waals surface area contributed by atoms with E-state index in [1.807, 2.05) is 24.4 Å². The fraction of sp³-hybridized carbons (Fsp3) is 0.0909. The lowest BCUT2D eigenvalue weighted by molar-refractivity contribution is 1.22. The Balaban J connectivity index is 2.22. The molecule has 0 amide bonds. The second-order valence-corrected chi connectivity index (χ2v) is 4.20. The van der Waals surface area contributed by atoms with Crippen molar-refractivity contribution < 1.29 is 0 Å². The molecule has 3 heterocycles. The van der Waals surface area contributed by atoms with Crippen molar-refractivity contribution in [3.05, 3.63) is 34.7 Å². The van der Waals surface area contributed by atoms with Crippen LogP contribution < -0.4 is 0 Å². The summed E-state index contributed by atoms with van der Waals surface area (Å²) < 4.78 is 0. The second-order valence-electron chi connectivity index (χ2n) is 3.42. The first-order chi connectivity index (χ1) is 7.33. The molecule has 0 saturated carbocycles. The van der Waals surface area contributed by atoms with Crippen LogP contribution in [-0.2, 0) is 0 Å². The Labute approximate surface area is 90.8 Å². The summed E-state index contributed by atoms with van der Waals surface area (Å²) in [4.78, 5) is 12.1. The van der Waals surface area contributed by atoms with E-state index in [0.717, 1.165) is 28.2 Å². The van der Waals surface area contributed by atoms with E-state index in [9.17, 15) is 0 Å². The van der Waals surface area contributed by atoms with Gasteiger partial charge in [-0.1, -0.05) is 0 Å². The van der Waals surface area contributed by atoms with Crippen molar-refractivity contribution in [3.63, 3.8) is 0 Å². The fourth-order valence-corrected chi connectivity index (χ4v) is 2.16. The van der Waals surface area contributed by atoms with Crippen LogP contribution in [0.15, 0.2) is 29.0 Å². The van der Waals surface area contributed by atoms with E-state index in [2.05, 4.69) is 26.4 Å². The van der Waals surface area contributed by atoms with Gasteiger partial charge < -0.3 is 4.98 Å². The van der Waals surface area contributed by atoms with Crippen LogP contribution in [0.3, 0.4) is 0 Å². The topological polar surface area (TPSA) is 41.6 Å². The minimum absolute atomic E-state index is 0.788. The van der Waals surface area contributed by atoms with Crippen molar-refractivity contribution in [2.75, 3.05) is 0 Å². The minimum atomic E-state index is 0.788. The third-order valence-electron chi connectivity index (χ3n) is 2.28. The second kappa shape index (κ2) is 3.17. The number of thiophene rings is 1. The molecule has 0 saturated heterocycles. The molecule has 0 unspecified atom stereocenters. The Morgan fingerprint density at radius 3 is 2.93 bits per heavy atom. The van der Waals surface area contributed by atoms with Crippen LogP contribution in [0.1, 0.15) is 5.69 Å². The van der Waals surface area contributed by atoms with E-state index in [0.29, 0.717) is 0 Å². The number of fused-ring (bicyclic) bond motifs is 1. The van der Waals surface area contributed by atoms with Gasteiger partial charge in [0.15, 0.2) is 5.65 Å². The molecule has 0 bridgehead atoms. The summed E-state index contributed by atoms with van der Waals surface area (Å²) >= 11 is 1.67. The third-order valence-corrected chi connectivity index (χ3v) is 2.96. The highest BCUT2D eigenvalue weighted by Gasteiger charge is 2.05. The lowest BCUT2D eigenvalue weighted by atomic mass is 10.3. The molecule has 0 radical (unpaired) electrons. The molecule has 0 spiro atoms. The van der Waals surface area contributed by atoms with Crippen molar-refractivity contribution in [1.29, 1.82) is 0 Å². The summed E-state index contributed by atoms with van der Waals surface area (Å²) in [7, 11) is 0. The van der Waals surface area contributed by atoms with E-state index in [4.69, 9.17) is 0 Å². The molecule has 4 heteroatoms. The van der Waals surface area contributed by atoms with Crippen LogP contribution in [0.4, 0.5) is 0 Å². The summed E-state index contributed by atoms with van der Waals surface area (Å²) in [6.45, 7) is 1.97. The number of hydrogen-bond donors (Lipinski definition) is 1. The largest absolute Gasteiger partial charge is 0.337 e. The number of pyridine rings is 1. The summed E-state index contributed by atoms with van der Waals surface area (Å²) in [5, 5.41) is 4.12. The lowest BCUT2D eigenvalue weighted by Crippen LogP contribution is -1.80. The summed E-state index contributed by atoms with van der Waals surface area (Å²) in [5.41, 5.74) is 3.89. The molecule has 0 atom stereocenters. The molecule has 3 aromatic rings. The van der Waals surface area contributed by atoms with Gasteiger partial charge in [0.1, 0.15) is 5.82 Å². The predicted molar refractivity (Wildman–Crippen MR) is 61.9 cm³/mol. The van der Waals surface area contributed by atoms with Gasteiger partial charge in [-0.05, 0) is 30.5 Å². The number of imidazole rings is 1. The van der Waals surface area contributed by atoms with Crippen LogP contribution in [0.2, 0.25) is 0 Å². The zero-order valence-electron chi connectivity index (χ0n) is 8.19. The standard InChI is InChI=1S/C11H9N3S/c1-7-2-3-9-11(12-7)14-10(13-9)8-4-5-15-6-8/h2-6H,1H3,(H,12,13,14). The lowest BCUT2D eigenvalue weighted by Gasteiger charge is -1.88. The average molecular weight is 215 g/mol. The van der Waals surface area contributed by atoms with Gasteiger partial charge in [-0.25, -0.2) is 9.97 Å². The average Bonchev–Trinajstić information content (AvgIpc) is 2.84. The number of nitrogens with zero attached hydrogens (tertiary/aromatic N) is 2. The smallest absolute Gasteiger partial charge is 0.178 e. The molecule has 0 fully saturated rings. The van der Waals surface area contributed by atoms with Gasteiger partial charge in [-0.15, -0.1) is 0 Å².